The lowest BCUT2D eigenvalue weighted by atomic mass is 10.2. The van der Waals surface area contributed by atoms with Crippen molar-refractivity contribution < 1.29 is 4.74 Å². The Morgan fingerprint density at radius 3 is 2.75 bits per heavy atom. The summed E-state index contributed by atoms with van der Waals surface area (Å²) in [6.07, 6.45) is 1.31. The molecular weight excluding hydrogens is 206 g/mol. The van der Waals surface area contributed by atoms with Crippen molar-refractivity contribution in [2.75, 3.05) is 5.73 Å². The van der Waals surface area contributed by atoms with Gasteiger partial charge in [-0.25, -0.2) is 4.98 Å². The highest BCUT2D eigenvalue weighted by molar-refractivity contribution is 5.39. The van der Waals surface area contributed by atoms with E-state index in [1.54, 1.807) is 12.1 Å². The van der Waals surface area contributed by atoms with E-state index in [4.69, 9.17) is 10.5 Å². The Morgan fingerprint density at radius 1 is 1.31 bits per heavy atom. The molecule has 1 aromatic heterocycles. The molecule has 16 heavy (non-hydrogen) atoms. The summed E-state index contributed by atoms with van der Waals surface area (Å²) in [5.41, 5.74) is 7.00. The summed E-state index contributed by atoms with van der Waals surface area (Å²) in [5, 5.41) is 0. The topological polar surface area (TPSA) is 81.0 Å². The Bertz CT molecular complexity index is 519. The van der Waals surface area contributed by atoms with Gasteiger partial charge in [-0.1, -0.05) is 12.1 Å². The molecule has 0 spiro atoms. The van der Waals surface area contributed by atoms with Crippen LogP contribution in [0.4, 0.5) is 5.69 Å². The molecule has 0 fully saturated rings. The number of benzene rings is 1. The monoisotopic (exact) mass is 217 g/mol. The highest BCUT2D eigenvalue weighted by atomic mass is 16.5. The van der Waals surface area contributed by atoms with E-state index in [1.165, 1.54) is 12.4 Å². The number of nitrogens with one attached hydrogen (secondary N) is 1. The van der Waals surface area contributed by atoms with Gasteiger partial charge in [0.2, 0.25) is 5.88 Å². The first-order valence-electron chi connectivity index (χ1n) is 4.76. The zero-order chi connectivity index (χ0) is 11.4. The summed E-state index contributed by atoms with van der Waals surface area (Å²) >= 11 is 0. The second-order valence-corrected chi connectivity index (χ2v) is 3.28. The van der Waals surface area contributed by atoms with Crippen LogP contribution in [0, 0.1) is 0 Å². The standard InChI is InChI=1S/C11H11N3O2/c12-9-3-1-8(2-4-9)6-16-11-5-10(15)13-7-14-11/h1-5,7H,6,12H2,(H,13,14,15). The van der Waals surface area contributed by atoms with E-state index >= 15 is 0 Å². The maximum absolute atomic E-state index is 11.0. The minimum atomic E-state index is -0.234. The van der Waals surface area contributed by atoms with Crippen molar-refractivity contribution in [3.05, 3.63) is 52.6 Å². The number of aromatic nitrogens is 2. The summed E-state index contributed by atoms with van der Waals surface area (Å²) in [6.45, 7) is 0.358. The van der Waals surface area contributed by atoms with Crippen LogP contribution >= 0.6 is 0 Å². The van der Waals surface area contributed by atoms with Crippen molar-refractivity contribution in [3.8, 4) is 5.88 Å². The molecule has 5 heteroatoms. The van der Waals surface area contributed by atoms with Crippen LogP contribution in [0.2, 0.25) is 0 Å². The Hall–Kier alpha value is -2.30. The number of ether oxygens (including phenoxy) is 1. The molecule has 0 saturated heterocycles. The Balaban J connectivity index is 2.02. The van der Waals surface area contributed by atoms with Crippen LogP contribution in [0.15, 0.2) is 41.5 Å². The number of aromatic amines is 1. The molecule has 0 radical (unpaired) electrons. The van der Waals surface area contributed by atoms with Crippen molar-refractivity contribution >= 4 is 5.69 Å². The van der Waals surface area contributed by atoms with Gasteiger partial charge in [0.1, 0.15) is 6.61 Å². The van der Waals surface area contributed by atoms with E-state index in [1.807, 2.05) is 12.1 Å². The highest BCUT2D eigenvalue weighted by Crippen LogP contribution is 2.08. The third-order valence-electron chi connectivity index (χ3n) is 2.02. The van der Waals surface area contributed by atoms with Gasteiger partial charge in [-0.15, -0.1) is 0 Å². The minimum absolute atomic E-state index is 0.234. The van der Waals surface area contributed by atoms with E-state index in [2.05, 4.69) is 9.97 Å². The average molecular weight is 217 g/mol. The van der Waals surface area contributed by atoms with Gasteiger partial charge in [-0.3, -0.25) is 4.79 Å². The maximum Gasteiger partial charge on any atom is 0.254 e. The number of nitrogen functional groups attached to an aromatic ring is 1. The van der Waals surface area contributed by atoms with Crippen LogP contribution in [-0.2, 0) is 6.61 Å². The van der Waals surface area contributed by atoms with Crippen LogP contribution < -0.4 is 16.0 Å². The van der Waals surface area contributed by atoms with E-state index in [-0.39, 0.29) is 5.56 Å². The Labute approximate surface area is 91.9 Å². The van der Waals surface area contributed by atoms with Crippen molar-refractivity contribution in [2.45, 2.75) is 6.61 Å². The summed E-state index contributed by atoms with van der Waals surface area (Å²) in [7, 11) is 0. The largest absolute Gasteiger partial charge is 0.473 e. The molecule has 0 bridgehead atoms. The Morgan fingerprint density at radius 2 is 2.06 bits per heavy atom. The van der Waals surface area contributed by atoms with Crippen LogP contribution in [0.25, 0.3) is 0 Å². The molecule has 1 aromatic carbocycles. The van der Waals surface area contributed by atoms with Crippen LogP contribution in [0.1, 0.15) is 5.56 Å². The Kier molecular flexibility index (Phi) is 2.86. The lowest BCUT2D eigenvalue weighted by Gasteiger charge is -2.04. The second-order valence-electron chi connectivity index (χ2n) is 3.28. The number of hydrogen-bond acceptors (Lipinski definition) is 4. The molecule has 0 atom stereocenters. The van der Waals surface area contributed by atoms with Crippen molar-refractivity contribution in [3.63, 3.8) is 0 Å². The molecule has 82 valence electrons. The average Bonchev–Trinajstić information content (AvgIpc) is 2.28. The first-order valence-corrected chi connectivity index (χ1v) is 4.76. The third-order valence-corrected chi connectivity index (χ3v) is 2.02. The highest BCUT2D eigenvalue weighted by Gasteiger charge is 1.97. The zero-order valence-corrected chi connectivity index (χ0v) is 8.51. The normalized spacial score (nSPS) is 10.0. The summed E-state index contributed by atoms with van der Waals surface area (Å²) < 4.78 is 5.34. The molecule has 1 heterocycles. The van der Waals surface area contributed by atoms with Gasteiger partial charge in [0.15, 0.2) is 0 Å². The second kappa shape index (κ2) is 4.48. The van der Waals surface area contributed by atoms with Crippen LogP contribution in [0.3, 0.4) is 0 Å². The number of nitrogens with zero attached hydrogens (tertiary/aromatic N) is 1. The number of rotatable bonds is 3. The summed E-state index contributed by atoms with van der Waals surface area (Å²) in [6, 6.07) is 8.62. The molecule has 5 nitrogen and oxygen atoms in total. The molecular formula is C11H11N3O2. The smallest absolute Gasteiger partial charge is 0.254 e. The molecule has 0 amide bonds. The zero-order valence-electron chi connectivity index (χ0n) is 8.51. The van der Waals surface area contributed by atoms with E-state index in [0.29, 0.717) is 18.2 Å². The van der Waals surface area contributed by atoms with E-state index in [0.717, 1.165) is 5.56 Å². The van der Waals surface area contributed by atoms with Gasteiger partial charge in [-0.2, -0.15) is 0 Å². The number of nitrogens with two attached hydrogens (primary N) is 1. The van der Waals surface area contributed by atoms with E-state index in [9.17, 15) is 4.79 Å². The molecule has 0 aliphatic rings. The maximum atomic E-state index is 11.0. The molecule has 3 N–H and O–H groups in total. The summed E-state index contributed by atoms with van der Waals surface area (Å²) in [5.74, 6) is 0.306. The number of H-pyrrole nitrogens is 1. The first kappa shape index (κ1) is 10.2. The van der Waals surface area contributed by atoms with Crippen molar-refractivity contribution in [2.24, 2.45) is 0 Å². The van der Waals surface area contributed by atoms with Gasteiger partial charge < -0.3 is 15.5 Å². The molecule has 2 aromatic rings. The predicted molar refractivity (Wildman–Crippen MR) is 60.0 cm³/mol. The minimum Gasteiger partial charge on any atom is -0.473 e. The fourth-order valence-corrected chi connectivity index (χ4v) is 1.20. The quantitative estimate of drug-likeness (QED) is 0.749. The molecule has 0 saturated carbocycles. The molecule has 0 aliphatic carbocycles. The summed E-state index contributed by atoms with van der Waals surface area (Å²) in [4.78, 5) is 17.2. The molecule has 0 aliphatic heterocycles. The lowest BCUT2D eigenvalue weighted by molar-refractivity contribution is 0.293. The number of anilines is 1. The first-order chi connectivity index (χ1) is 7.74. The van der Waals surface area contributed by atoms with Crippen LogP contribution in [0.5, 0.6) is 5.88 Å². The van der Waals surface area contributed by atoms with Crippen LogP contribution in [-0.4, -0.2) is 9.97 Å². The molecule has 0 unspecified atom stereocenters. The third kappa shape index (κ3) is 2.60. The fraction of sp³-hybridized carbons (Fsp3) is 0.0909. The van der Waals surface area contributed by atoms with E-state index < -0.39 is 0 Å². The SMILES string of the molecule is Nc1ccc(COc2cc(=O)[nH]cn2)cc1. The molecule has 2 rings (SSSR count). The predicted octanol–water partition coefficient (Wildman–Crippen LogP) is 0.931. The van der Waals surface area contributed by atoms with Gasteiger partial charge in [0.05, 0.1) is 12.4 Å². The van der Waals surface area contributed by atoms with Gasteiger partial charge in [0, 0.05) is 5.69 Å². The van der Waals surface area contributed by atoms with Crippen molar-refractivity contribution in [1.29, 1.82) is 0 Å². The number of hydrogen-bond donors (Lipinski definition) is 2. The lowest BCUT2D eigenvalue weighted by Crippen LogP contribution is -2.06. The van der Waals surface area contributed by atoms with Gasteiger partial charge in [0.25, 0.3) is 5.56 Å². The van der Waals surface area contributed by atoms with Gasteiger partial charge >= 0.3 is 0 Å². The van der Waals surface area contributed by atoms with Gasteiger partial charge in [-0.05, 0) is 17.7 Å². The van der Waals surface area contributed by atoms with Crippen molar-refractivity contribution in [1.82, 2.24) is 9.97 Å². The fourth-order valence-electron chi connectivity index (χ4n) is 1.20.